The standard InChI is InChI=1S/C18H24N2O5/c1-12(2)11-13(17(22)24-3)19-16(21)9-6-10-20-14-7-4-5-8-15(14)25-18(20)23/h4-5,7-8,12-13H,6,9-11H2,1-3H3,(H,19,21)/t13-/m0/s1. The molecule has 0 radical (unpaired) electrons. The lowest BCUT2D eigenvalue weighted by molar-refractivity contribution is -0.145. The lowest BCUT2D eigenvalue weighted by Crippen LogP contribution is -2.42. The molecular formula is C18H24N2O5. The molecule has 0 aliphatic heterocycles. The number of hydrogen-bond acceptors (Lipinski definition) is 5. The summed E-state index contributed by atoms with van der Waals surface area (Å²) >= 11 is 0. The topological polar surface area (TPSA) is 90.5 Å². The van der Waals surface area contributed by atoms with Crippen LogP contribution in [0.1, 0.15) is 33.1 Å². The number of para-hydroxylation sites is 2. The second-order valence-electron chi connectivity index (χ2n) is 6.36. The van der Waals surface area contributed by atoms with Gasteiger partial charge in [-0.15, -0.1) is 0 Å². The number of fused-ring (bicyclic) bond motifs is 1. The number of carbonyl (C=O) groups excluding carboxylic acids is 2. The van der Waals surface area contributed by atoms with Gasteiger partial charge >= 0.3 is 11.7 Å². The number of aryl methyl sites for hydroxylation is 1. The molecule has 1 aromatic heterocycles. The minimum atomic E-state index is -0.644. The van der Waals surface area contributed by atoms with Crippen molar-refractivity contribution >= 4 is 23.0 Å². The lowest BCUT2D eigenvalue weighted by Gasteiger charge is -2.18. The molecule has 1 amide bonds. The molecule has 136 valence electrons. The van der Waals surface area contributed by atoms with Crippen LogP contribution in [0, 0.1) is 5.92 Å². The molecule has 0 saturated heterocycles. The fourth-order valence-electron chi connectivity index (χ4n) is 2.72. The number of benzene rings is 1. The van der Waals surface area contributed by atoms with E-state index in [1.807, 2.05) is 19.9 Å². The molecule has 0 saturated carbocycles. The number of hydrogen-bond donors (Lipinski definition) is 1. The summed E-state index contributed by atoms with van der Waals surface area (Å²) in [6.45, 7) is 4.31. The largest absolute Gasteiger partial charge is 0.467 e. The average molecular weight is 348 g/mol. The maximum atomic E-state index is 12.1. The van der Waals surface area contributed by atoms with Gasteiger partial charge in [0.2, 0.25) is 5.91 Å². The summed E-state index contributed by atoms with van der Waals surface area (Å²) in [5.74, 6) is -0.870. The molecule has 7 nitrogen and oxygen atoms in total. The molecule has 1 aromatic carbocycles. The predicted molar refractivity (Wildman–Crippen MR) is 93.1 cm³/mol. The third-order valence-corrected chi connectivity index (χ3v) is 3.89. The van der Waals surface area contributed by atoms with E-state index in [2.05, 4.69) is 5.32 Å². The zero-order valence-corrected chi connectivity index (χ0v) is 14.8. The van der Waals surface area contributed by atoms with E-state index in [9.17, 15) is 14.4 Å². The van der Waals surface area contributed by atoms with Crippen molar-refractivity contribution in [3.63, 3.8) is 0 Å². The van der Waals surface area contributed by atoms with Gasteiger partial charge < -0.3 is 14.5 Å². The highest BCUT2D eigenvalue weighted by Crippen LogP contribution is 2.12. The minimum Gasteiger partial charge on any atom is -0.467 e. The summed E-state index contributed by atoms with van der Waals surface area (Å²) < 4.78 is 11.4. The van der Waals surface area contributed by atoms with Gasteiger partial charge in [0, 0.05) is 13.0 Å². The van der Waals surface area contributed by atoms with Crippen LogP contribution in [0.4, 0.5) is 0 Å². The van der Waals surface area contributed by atoms with Gasteiger partial charge in [0.25, 0.3) is 0 Å². The minimum absolute atomic E-state index is 0.206. The number of nitrogens with one attached hydrogen (secondary N) is 1. The van der Waals surface area contributed by atoms with Crippen molar-refractivity contribution in [3.05, 3.63) is 34.8 Å². The Labute approximate surface area is 145 Å². The van der Waals surface area contributed by atoms with Crippen LogP contribution in [0.15, 0.2) is 33.5 Å². The first-order valence-corrected chi connectivity index (χ1v) is 8.38. The van der Waals surface area contributed by atoms with Crippen LogP contribution in [0.3, 0.4) is 0 Å². The molecule has 25 heavy (non-hydrogen) atoms. The lowest BCUT2D eigenvalue weighted by atomic mass is 10.0. The number of rotatable bonds is 8. The van der Waals surface area contributed by atoms with E-state index in [0.29, 0.717) is 30.5 Å². The number of carbonyl (C=O) groups is 2. The van der Waals surface area contributed by atoms with E-state index < -0.39 is 17.8 Å². The van der Waals surface area contributed by atoms with Crippen molar-refractivity contribution in [2.45, 2.75) is 45.7 Å². The molecular weight excluding hydrogens is 324 g/mol. The fraction of sp³-hybridized carbons (Fsp3) is 0.500. The number of nitrogens with zero attached hydrogens (tertiary/aromatic N) is 1. The first-order valence-electron chi connectivity index (χ1n) is 8.38. The Bertz CT molecular complexity index is 790. The molecule has 0 spiro atoms. The number of oxazole rings is 1. The maximum Gasteiger partial charge on any atom is 0.419 e. The second-order valence-corrected chi connectivity index (χ2v) is 6.36. The Morgan fingerprint density at radius 3 is 2.68 bits per heavy atom. The van der Waals surface area contributed by atoms with Gasteiger partial charge in [-0.25, -0.2) is 9.59 Å². The van der Waals surface area contributed by atoms with E-state index in [0.717, 1.165) is 0 Å². The Morgan fingerprint density at radius 2 is 2.00 bits per heavy atom. The van der Waals surface area contributed by atoms with Crippen molar-refractivity contribution in [2.24, 2.45) is 5.92 Å². The van der Waals surface area contributed by atoms with Crippen LogP contribution in [-0.4, -0.2) is 29.6 Å². The second kappa shape index (κ2) is 8.50. The van der Waals surface area contributed by atoms with Crippen molar-refractivity contribution in [1.29, 1.82) is 0 Å². The number of amides is 1. The van der Waals surface area contributed by atoms with E-state index in [4.69, 9.17) is 9.15 Å². The molecule has 7 heteroatoms. The maximum absolute atomic E-state index is 12.1. The zero-order chi connectivity index (χ0) is 18.4. The first kappa shape index (κ1) is 18.8. The highest BCUT2D eigenvalue weighted by molar-refractivity contribution is 5.84. The highest BCUT2D eigenvalue weighted by Gasteiger charge is 2.22. The van der Waals surface area contributed by atoms with Crippen molar-refractivity contribution in [1.82, 2.24) is 9.88 Å². The monoisotopic (exact) mass is 348 g/mol. The summed E-state index contributed by atoms with van der Waals surface area (Å²) in [7, 11) is 1.30. The fourth-order valence-corrected chi connectivity index (χ4v) is 2.72. The molecule has 1 atom stereocenters. The van der Waals surface area contributed by atoms with Crippen LogP contribution < -0.4 is 11.1 Å². The van der Waals surface area contributed by atoms with Gasteiger partial charge in [-0.05, 0) is 30.9 Å². The van der Waals surface area contributed by atoms with Gasteiger partial charge in [-0.3, -0.25) is 9.36 Å². The summed E-state index contributed by atoms with van der Waals surface area (Å²) in [5.41, 5.74) is 1.24. The quantitative estimate of drug-likeness (QED) is 0.738. The van der Waals surface area contributed by atoms with Crippen LogP contribution in [0.25, 0.3) is 11.1 Å². The Balaban J connectivity index is 1.92. The third kappa shape index (κ3) is 4.95. The zero-order valence-electron chi connectivity index (χ0n) is 14.8. The van der Waals surface area contributed by atoms with Crippen LogP contribution in [-0.2, 0) is 20.9 Å². The Hall–Kier alpha value is -2.57. The number of esters is 1. The van der Waals surface area contributed by atoms with Gasteiger partial charge in [-0.2, -0.15) is 0 Å². The molecule has 2 aromatic rings. The van der Waals surface area contributed by atoms with Crippen LogP contribution in [0.5, 0.6) is 0 Å². The Kier molecular flexibility index (Phi) is 6.38. The third-order valence-electron chi connectivity index (χ3n) is 3.89. The van der Waals surface area contributed by atoms with Gasteiger partial charge in [0.15, 0.2) is 5.58 Å². The summed E-state index contributed by atoms with van der Waals surface area (Å²) in [6.07, 6.45) is 1.19. The molecule has 1 heterocycles. The molecule has 2 rings (SSSR count). The van der Waals surface area contributed by atoms with E-state index in [1.54, 1.807) is 18.2 Å². The van der Waals surface area contributed by atoms with Crippen LogP contribution >= 0.6 is 0 Å². The highest BCUT2D eigenvalue weighted by atomic mass is 16.5. The number of aromatic nitrogens is 1. The van der Waals surface area contributed by atoms with Gasteiger partial charge in [-0.1, -0.05) is 26.0 Å². The van der Waals surface area contributed by atoms with Crippen molar-refractivity contribution in [2.75, 3.05) is 7.11 Å². The van der Waals surface area contributed by atoms with E-state index in [-0.39, 0.29) is 18.2 Å². The van der Waals surface area contributed by atoms with Crippen molar-refractivity contribution in [3.8, 4) is 0 Å². The molecule has 0 aliphatic rings. The Morgan fingerprint density at radius 1 is 1.28 bits per heavy atom. The van der Waals surface area contributed by atoms with Gasteiger partial charge in [0.1, 0.15) is 6.04 Å². The molecule has 0 aliphatic carbocycles. The number of methoxy groups -OCH3 is 1. The first-order chi connectivity index (χ1) is 11.9. The summed E-state index contributed by atoms with van der Waals surface area (Å²) in [4.78, 5) is 35.7. The van der Waals surface area contributed by atoms with E-state index >= 15 is 0 Å². The molecule has 0 fully saturated rings. The molecule has 0 bridgehead atoms. The van der Waals surface area contributed by atoms with Gasteiger partial charge in [0.05, 0.1) is 12.6 Å². The van der Waals surface area contributed by atoms with E-state index in [1.165, 1.54) is 11.7 Å². The summed E-state index contributed by atoms with van der Waals surface area (Å²) in [5, 5.41) is 2.71. The molecule has 0 unspecified atom stereocenters. The summed E-state index contributed by atoms with van der Waals surface area (Å²) in [6, 6.07) is 6.51. The number of ether oxygens (including phenoxy) is 1. The van der Waals surface area contributed by atoms with Crippen LogP contribution in [0.2, 0.25) is 0 Å². The predicted octanol–water partition coefficient (Wildman–Crippen LogP) is 2.08. The normalized spacial score (nSPS) is 12.3. The SMILES string of the molecule is COC(=O)[C@H](CC(C)C)NC(=O)CCCn1c(=O)oc2ccccc21. The smallest absolute Gasteiger partial charge is 0.419 e. The van der Waals surface area contributed by atoms with Crippen molar-refractivity contribution < 1.29 is 18.7 Å². The molecule has 1 N–H and O–H groups in total. The average Bonchev–Trinajstić information content (AvgIpc) is 2.89.